The van der Waals surface area contributed by atoms with E-state index < -0.39 is 33.8 Å². The van der Waals surface area contributed by atoms with Crippen molar-refractivity contribution in [1.29, 1.82) is 0 Å². The zero-order valence-corrected chi connectivity index (χ0v) is 23.2. The second kappa shape index (κ2) is 11.1. The van der Waals surface area contributed by atoms with E-state index in [1.54, 1.807) is 12.1 Å². The summed E-state index contributed by atoms with van der Waals surface area (Å²) < 4.78 is 43.4. The minimum absolute atomic E-state index is 0.0426. The number of fused-ring (bicyclic) bond motifs is 1. The van der Waals surface area contributed by atoms with Crippen LogP contribution in [0.2, 0.25) is 0 Å². The molecule has 4 rings (SSSR count). The second-order valence-electron chi connectivity index (χ2n) is 7.79. The van der Waals surface area contributed by atoms with Crippen LogP contribution in [0.25, 0.3) is 11.0 Å². The molecule has 13 heteroatoms. The van der Waals surface area contributed by atoms with Crippen molar-refractivity contribution in [3.8, 4) is 0 Å². The first-order chi connectivity index (χ1) is 17.5. The van der Waals surface area contributed by atoms with E-state index in [4.69, 9.17) is 0 Å². The van der Waals surface area contributed by atoms with E-state index in [0.29, 0.717) is 14.7 Å². The summed E-state index contributed by atoms with van der Waals surface area (Å²) in [5.41, 5.74) is 0.885. The van der Waals surface area contributed by atoms with Crippen molar-refractivity contribution in [2.75, 3.05) is 4.72 Å². The Hall–Kier alpha value is -3.17. The highest BCUT2D eigenvalue weighted by Crippen LogP contribution is 2.26. The molecule has 0 bridgehead atoms. The van der Waals surface area contributed by atoms with Crippen molar-refractivity contribution >= 4 is 77.1 Å². The topological polar surface area (TPSA) is 138 Å². The number of aliphatic carboxylic acids is 1. The molecule has 1 amide bonds. The predicted molar refractivity (Wildman–Crippen MR) is 146 cm³/mol. The fraction of sp³-hybridized carbons (Fsp3) is 0.0833. The third kappa shape index (κ3) is 6.22. The van der Waals surface area contributed by atoms with Gasteiger partial charge in [0.2, 0.25) is 0 Å². The van der Waals surface area contributed by atoms with Crippen LogP contribution in [0.4, 0.5) is 10.1 Å². The Morgan fingerprint density at radius 2 is 1.84 bits per heavy atom. The molecule has 0 fully saturated rings. The number of amides is 1. The molecule has 190 valence electrons. The molecule has 0 saturated carbocycles. The van der Waals surface area contributed by atoms with Gasteiger partial charge in [0.15, 0.2) is 0 Å². The molecule has 3 N–H and O–H groups in total. The summed E-state index contributed by atoms with van der Waals surface area (Å²) in [6.45, 7) is 0. The Labute approximate surface area is 232 Å². The third-order valence-corrected chi connectivity index (χ3v) is 7.92. The maximum Gasteiger partial charge on any atom is 0.326 e. The number of rotatable bonds is 8. The summed E-state index contributed by atoms with van der Waals surface area (Å²) in [7, 11) is -4.21. The fourth-order valence-corrected chi connectivity index (χ4v) is 5.68. The number of anilines is 1. The van der Waals surface area contributed by atoms with Crippen LogP contribution in [0, 0.1) is 9.39 Å². The van der Waals surface area contributed by atoms with E-state index in [0.717, 1.165) is 0 Å². The monoisotopic (exact) mass is 698 g/mol. The number of halogens is 3. The maximum atomic E-state index is 13.6. The number of hydrogen-bond donors (Lipinski definition) is 3. The van der Waals surface area contributed by atoms with Crippen molar-refractivity contribution in [2.45, 2.75) is 17.4 Å². The second-order valence-corrected chi connectivity index (χ2v) is 11.5. The number of carboxylic acid groups (broad SMARTS) is 1. The zero-order valence-electron chi connectivity index (χ0n) is 18.7. The standard InChI is InChI=1S/C24H17BrFIN4O5S/c25-16-10-13(4-7-17(16)26)11-20(24(33)34)30-23(32)15-6-5-14(27)12-19(15)31-37(35,36)21-3-1-2-18-22(21)29-9-8-28-18/h1-10,12,20,31H,11H2,(H,30,32)(H,33,34). The lowest BCUT2D eigenvalue weighted by atomic mass is 10.0. The molecular weight excluding hydrogens is 682 g/mol. The number of para-hydroxylation sites is 1. The van der Waals surface area contributed by atoms with Gasteiger partial charge in [-0.2, -0.15) is 0 Å². The molecular formula is C24H17BrFIN4O5S. The van der Waals surface area contributed by atoms with E-state index in [1.165, 1.54) is 54.9 Å². The Kier molecular flexibility index (Phi) is 8.04. The van der Waals surface area contributed by atoms with Gasteiger partial charge < -0.3 is 10.4 Å². The molecule has 0 aliphatic rings. The molecule has 4 aromatic rings. The molecule has 0 radical (unpaired) electrons. The summed E-state index contributed by atoms with van der Waals surface area (Å²) in [6, 6.07) is 11.6. The smallest absolute Gasteiger partial charge is 0.326 e. The predicted octanol–water partition coefficient (Wildman–Crippen LogP) is 4.36. The first kappa shape index (κ1) is 26.9. The molecule has 1 unspecified atom stereocenters. The van der Waals surface area contributed by atoms with Crippen molar-refractivity contribution in [2.24, 2.45) is 0 Å². The molecule has 0 aliphatic heterocycles. The van der Waals surface area contributed by atoms with Crippen LogP contribution in [0.5, 0.6) is 0 Å². The van der Waals surface area contributed by atoms with Crippen LogP contribution in [-0.4, -0.2) is 41.4 Å². The summed E-state index contributed by atoms with van der Waals surface area (Å²) >= 11 is 5.02. The van der Waals surface area contributed by atoms with Crippen molar-refractivity contribution in [1.82, 2.24) is 15.3 Å². The number of carboxylic acids is 1. The van der Waals surface area contributed by atoms with Crippen LogP contribution in [-0.2, 0) is 21.2 Å². The lowest BCUT2D eigenvalue weighted by molar-refractivity contribution is -0.139. The van der Waals surface area contributed by atoms with Crippen molar-refractivity contribution in [3.05, 3.63) is 92.0 Å². The van der Waals surface area contributed by atoms with Gasteiger partial charge in [0.25, 0.3) is 15.9 Å². The number of sulfonamides is 1. The van der Waals surface area contributed by atoms with Crippen LogP contribution in [0.1, 0.15) is 15.9 Å². The average Bonchev–Trinajstić information content (AvgIpc) is 2.85. The Bertz CT molecular complexity index is 1630. The molecule has 1 atom stereocenters. The maximum absolute atomic E-state index is 13.6. The minimum atomic E-state index is -4.21. The number of carbonyl (C=O) groups is 2. The quantitative estimate of drug-likeness (QED) is 0.233. The average molecular weight is 699 g/mol. The molecule has 37 heavy (non-hydrogen) atoms. The van der Waals surface area contributed by atoms with Crippen LogP contribution in [0.3, 0.4) is 0 Å². The van der Waals surface area contributed by atoms with Crippen LogP contribution in [0.15, 0.2) is 76.4 Å². The van der Waals surface area contributed by atoms with Crippen LogP contribution < -0.4 is 10.0 Å². The normalized spacial score (nSPS) is 12.2. The van der Waals surface area contributed by atoms with E-state index in [9.17, 15) is 27.5 Å². The molecule has 0 saturated heterocycles. The van der Waals surface area contributed by atoms with E-state index in [1.807, 2.05) is 22.6 Å². The Morgan fingerprint density at radius 3 is 2.57 bits per heavy atom. The molecule has 3 aromatic carbocycles. The number of benzene rings is 3. The summed E-state index contributed by atoms with van der Waals surface area (Å²) in [5.74, 6) is -2.62. The van der Waals surface area contributed by atoms with Gasteiger partial charge in [-0.3, -0.25) is 19.5 Å². The number of hydrogen-bond acceptors (Lipinski definition) is 6. The van der Waals surface area contributed by atoms with Gasteiger partial charge >= 0.3 is 5.97 Å². The molecule has 0 spiro atoms. The summed E-state index contributed by atoms with van der Waals surface area (Å²) in [6.07, 6.45) is 2.69. The highest BCUT2D eigenvalue weighted by Gasteiger charge is 2.26. The molecule has 1 aromatic heterocycles. The number of aromatic nitrogens is 2. The fourth-order valence-electron chi connectivity index (χ4n) is 3.52. The van der Waals surface area contributed by atoms with E-state index >= 15 is 0 Å². The largest absolute Gasteiger partial charge is 0.480 e. The van der Waals surface area contributed by atoms with Crippen LogP contribution >= 0.6 is 38.5 Å². The summed E-state index contributed by atoms with van der Waals surface area (Å²) in [5, 5.41) is 12.1. The first-order valence-corrected chi connectivity index (χ1v) is 13.9. The Morgan fingerprint density at radius 1 is 1.08 bits per heavy atom. The number of nitrogens with one attached hydrogen (secondary N) is 2. The highest BCUT2D eigenvalue weighted by molar-refractivity contribution is 14.1. The SMILES string of the molecule is O=C(NC(Cc1ccc(F)c(Br)c1)C(=O)O)c1ccc(I)cc1NS(=O)(=O)c1cccc2nccnc12. The highest BCUT2D eigenvalue weighted by atomic mass is 127. The van der Waals surface area contributed by atoms with Crippen molar-refractivity contribution in [3.63, 3.8) is 0 Å². The first-order valence-electron chi connectivity index (χ1n) is 10.5. The molecule has 9 nitrogen and oxygen atoms in total. The van der Waals surface area contributed by atoms with Gasteiger partial charge in [-0.15, -0.1) is 0 Å². The van der Waals surface area contributed by atoms with Gasteiger partial charge in [0.05, 0.1) is 21.2 Å². The van der Waals surface area contributed by atoms with Gasteiger partial charge in [0, 0.05) is 22.4 Å². The zero-order chi connectivity index (χ0) is 26.7. The molecule has 1 heterocycles. The minimum Gasteiger partial charge on any atom is -0.480 e. The van der Waals surface area contributed by atoms with Gasteiger partial charge in [-0.25, -0.2) is 17.6 Å². The van der Waals surface area contributed by atoms with E-state index in [2.05, 4.69) is 35.9 Å². The number of carbonyl (C=O) groups excluding carboxylic acids is 1. The van der Waals surface area contributed by atoms with Gasteiger partial charge in [-0.05, 0) is 86.5 Å². The Balaban J connectivity index is 1.63. The lowest BCUT2D eigenvalue weighted by Gasteiger charge is -2.18. The number of nitrogens with zero attached hydrogens (tertiary/aromatic N) is 2. The van der Waals surface area contributed by atoms with Crippen molar-refractivity contribution < 1.29 is 27.5 Å². The van der Waals surface area contributed by atoms with Gasteiger partial charge in [0.1, 0.15) is 22.3 Å². The van der Waals surface area contributed by atoms with E-state index in [-0.39, 0.29) is 32.6 Å². The molecule has 0 aliphatic carbocycles. The van der Waals surface area contributed by atoms with Gasteiger partial charge in [-0.1, -0.05) is 12.1 Å². The third-order valence-electron chi connectivity index (χ3n) is 5.25. The summed E-state index contributed by atoms with van der Waals surface area (Å²) in [4.78, 5) is 33.1. The lowest BCUT2D eigenvalue weighted by Crippen LogP contribution is -2.42.